The Morgan fingerprint density at radius 3 is 2.75 bits per heavy atom. The van der Waals surface area contributed by atoms with Crippen LogP contribution in [0.15, 0.2) is 57.4 Å². The van der Waals surface area contributed by atoms with Crippen LogP contribution in [0.1, 0.15) is 11.3 Å². The molecule has 0 aliphatic carbocycles. The van der Waals surface area contributed by atoms with Crippen LogP contribution >= 0.6 is 15.9 Å². The molecule has 2 N–H and O–H groups in total. The molecule has 0 atom stereocenters. The third kappa shape index (κ3) is 2.57. The number of nitrogens with two attached hydrogens (primary N) is 1. The Morgan fingerprint density at radius 1 is 1.10 bits per heavy atom. The highest BCUT2D eigenvalue weighted by Gasteiger charge is 2.13. The van der Waals surface area contributed by atoms with Crippen LogP contribution in [0.4, 0.5) is 0 Å². The summed E-state index contributed by atoms with van der Waals surface area (Å²) in [6.45, 7) is 0.811. The van der Waals surface area contributed by atoms with Crippen molar-refractivity contribution in [2.75, 3.05) is 0 Å². The smallest absolute Gasteiger partial charge is 0.134 e. The lowest BCUT2D eigenvalue weighted by molar-refractivity contribution is 0.303. The molecule has 0 spiro atoms. The normalized spacial score (nSPS) is 10.9. The zero-order valence-electron chi connectivity index (χ0n) is 10.8. The maximum Gasteiger partial charge on any atom is 0.134 e. The number of furan rings is 1. The fourth-order valence-electron chi connectivity index (χ4n) is 2.18. The van der Waals surface area contributed by atoms with Gasteiger partial charge in [0, 0.05) is 15.4 Å². The second kappa shape index (κ2) is 5.69. The Bertz CT molecular complexity index is 736. The molecule has 4 heteroatoms. The molecule has 1 heterocycles. The Balaban J connectivity index is 1.90. The summed E-state index contributed by atoms with van der Waals surface area (Å²) in [5, 5.41) is 1.06. The van der Waals surface area contributed by atoms with Crippen molar-refractivity contribution in [1.82, 2.24) is 0 Å². The highest BCUT2D eigenvalue weighted by Crippen LogP contribution is 2.27. The Hall–Kier alpha value is -1.78. The number of fused-ring (bicyclic) bond motifs is 1. The number of para-hydroxylation sites is 1. The average Bonchev–Trinajstić information content (AvgIpc) is 2.83. The van der Waals surface area contributed by atoms with E-state index < -0.39 is 0 Å². The molecule has 3 rings (SSSR count). The Kier molecular flexibility index (Phi) is 3.76. The van der Waals surface area contributed by atoms with Crippen LogP contribution in [0, 0.1) is 0 Å². The van der Waals surface area contributed by atoms with E-state index in [2.05, 4.69) is 15.9 Å². The maximum atomic E-state index is 5.84. The lowest BCUT2D eigenvalue weighted by Crippen LogP contribution is -2.02. The summed E-state index contributed by atoms with van der Waals surface area (Å²) in [5.74, 6) is 1.59. The van der Waals surface area contributed by atoms with Crippen LogP contribution in [0.3, 0.4) is 0 Å². The van der Waals surface area contributed by atoms with Crippen molar-refractivity contribution in [2.24, 2.45) is 5.73 Å². The van der Waals surface area contributed by atoms with Crippen molar-refractivity contribution >= 4 is 26.9 Å². The van der Waals surface area contributed by atoms with E-state index in [0.717, 1.165) is 32.5 Å². The van der Waals surface area contributed by atoms with Gasteiger partial charge in [0.1, 0.15) is 23.7 Å². The van der Waals surface area contributed by atoms with Crippen molar-refractivity contribution in [3.05, 3.63) is 64.3 Å². The predicted molar refractivity (Wildman–Crippen MR) is 82.6 cm³/mol. The first-order chi connectivity index (χ1) is 9.78. The van der Waals surface area contributed by atoms with Crippen molar-refractivity contribution in [3.8, 4) is 5.75 Å². The predicted octanol–water partition coefficient (Wildman–Crippen LogP) is 4.23. The van der Waals surface area contributed by atoms with Crippen LogP contribution in [-0.4, -0.2) is 0 Å². The molecule has 0 amide bonds. The van der Waals surface area contributed by atoms with E-state index in [1.165, 1.54) is 0 Å². The minimum absolute atomic E-state index is 0.367. The molecule has 0 saturated heterocycles. The van der Waals surface area contributed by atoms with E-state index in [4.69, 9.17) is 14.9 Å². The monoisotopic (exact) mass is 331 g/mol. The molecule has 0 aliphatic rings. The molecule has 0 aliphatic heterocycles. The van der Waals surface area contributed by atoms with E-state index in [9.17, 15) is 0 Å². The first-order valence-electron chi connectivity index (χ1n) is 6.35. The number of hydrogen-bond donors (Lipinski definition) is 1. The first-order valence-corrected chi connectivity index (χ1v) is 7.15. The van der Waals surface area contributed by atoms with Crippen LogP contribution in [0.25, 0.3) is 11.0 Å². The number of rotatable bonds is 4. The van der Waals surface area contributed by atoms with Gasteiger partial charge in [0.2, 0.25) is 0 Å². The SMILES string of the molecule is NCc1oc2ccccc2c1COc1cccc(Br)c1. The van der Waals surface area contributed by atoms with Crippen LogP contribution in [-0.2, 0) is 13.2 Å². The second-order valence-electron chi connectivity index (χ2n) is 4.45. The minimum atomic E-state index is 0.367. The van der Waals surface area contributed by atoms with Gasteiger partial charge in [-0.3, -0.25) is 0 Å². The molecule has 0 radical (unpaired) electrons. The lowest BCUT2D eigenvalue weighted by atomic mass is 10.1. The lowest BCUT2D eigenvalue weighted by Gasteiger charge is -2.06. The van der Waals surface area contributed by atoms with Gasteiger partial charge in [-0.25, -0.2) is 0 Å². The van der Waals surface area contributed by atoms with Gasteiger partial charge in [0.25, 0.3) is 0 Å². The molecular weight excluding hydrogens is 318 g/mol. The molecular formula is C16H14BrNO2. The fourth-order valence-corrected chi connectivity index (χ4v) is 2.56. The van der Waals surface area contributed by atoms with E-state index >= 15 is 0 Å². The molecule has 0 fully saturated rings. The van der Waals surface area contributed by atoms with E-state index in [0.29, 0.717) is 13.2 Å². The van der Waals surface area contributed by atoms with Crippen molar-refractivity contribution in [3.63, 3.8) is 0 Å². The van der Waals surface area contributed by atoms with Gasteiger partial charge in [0.15, 0.2) is 0 Å². The second-order valence-corrected chi connectivity index (χ2v) is 5.37. The highest BCUT2D eigenvalue weighted by molar-refractivity contribution is 9.10. The third-order valence-corrected chi connectivity index (χ3v) is 3.64. The van der Waals surface area contributed by atoms with E-state index in [1.54, 1.807) is 0 Å². The summed E-state index contributed by atoms with van der Waals surface area (Å²) >= 11 is 3.43. The third-order valence-electron chi connectivity index (χ3n) is 3.15. The van der Waals surface area contributed by atoms with E-state index in [-0.39, 0.29) is 0 Å². The molecule has 2 aromatic carbocycles. The largest absolute Gasteiger partial charge is 0.489 e. The highest BCUT2D eigenvalue weighted by atomic mass is 79.9. The minimum Gasteiger partial charge on any atom is -0.489 e. The summed E-state index contributed by atoms with van der Waals surface area (Å²) in [7, 11) is 0. The number of benzene rings is 2. The maximum absolute atomic E-state index is 5.84. The molecule has 0 bridgehead atoms. The molecule has 0 unspecified atom stereocenters. The fraction of sp³-hybridized carbons (Fsp3) is 0.125. The standard InChI is InChI=1S/C16H14BrNO2/c17-11-4-3-5-12(8-11)19-10-14-13-6-1-2-7-15(13)20-16(14)9-18/h1-8H,9-10,18H2. The van der Waals surface area contributed by atoms with Crippen molar-refractivity contribution in [2.45, 2.75) is 13.2 Å². The Morgan fingerprint density at radius 2 is 1.95 bits per heavy atom. The van der Waals surface area contributed by atoms with Gasteiger partial charge < -0.3 is 14.9 Å². The molecule has 1 aromatic heterocycles. The molecule has 3 aromatic rings. The number of halogens is 1. The van der Waals surface area contributed by atoms with Crippen LogP contribution in [0.5, 0.6) is 5.75 Å². The zero-order chi connectivity index (χ0) is 13.9. The molecule has 102 valence electrons. The molecule has 3 nitrogen and oxygen atoms in total. The summed E-state index contributed by atoms with van der Waals surface area (Å²) in [5.41, 5.74) is 7.62. The quantitative estimate of drug-likeness (QED) is 0.778. The summed E-state index contributed by atoms with van der Waals surface area (Å²) in [6.07, 6.45) is 0. The van der Waals surface area contributed by atoms with Gasteiger partial charge in [-0.15, -0.1) is 0 Å². The van der Waals surface area contributed by atoms with Crippen molar-refractivity contribution in [1.29, 1.82) is 0 Å². The molecule has 0 saturated carbocycles. The summed E-state index contributed by atoms with van der Waals surface area (Å²) in [4.78, 5) is 0. The summed E-state index contributed by atoms with van der Waals surface area (Å²) < 4.78 is 12.6. The first kappa shape index (κ1) is 13.2. The van der Waals surface area contributed by atoms with Gasteiger partial charge >= 0.3 is 0 Å². The van der Waals surface area contributed by atoms with Gasteiger partial charge in [-0.2, -0.15) is 0 Å². The van der Waals surface area contributed by atoms with Gasteiger partial charge in [-0.05, 0) is 24.3 Å². The molecule has 20 heavy (non-hydrogen) atoms. The zero-order valence-corrected chi connectivity index (χ0v) is 12.4. The Labute approximate surface area is 125 Å². The van der Waals surface area contributed by atoms with Crippen LogP contribution < -0.4 is 10.5 Å². The average molecular weight is 332 g/mol. The number of hydrogen-bond acceptors (Lipinski definition) is 3. The van der Waals surface area contributed by atoms with Gasteiger partial charge in [-0.1, -0.05) is 40.2 Å². The van der Waals surface area contributed by atoms with Crippen LogP contribution in [0.2, 0.25) is 0 Å². The number of ether oxygens (including phenoxy) is 1. The van der Waals surface area contributed by atoms with E-state index in [1.807, 2.05) is 48.5 Å². The van der Waals surface area contributed by atoms with Crippen molar-refractivity contribution < 1.29 is 9.15 Å². The van der Waals surface area contributed by atoms with Gasteiger partial charge in [0.05, 0.1) is 6.54 Å². The topological polar surface area (TPSA) is 48.4 Å². The summed E-state index contributed by atoms with van der Waals surface area (Å²) in [6, 6.07) is 15.7.